The number of carbonyl (C=O) groups is 1. The summed E-state index contributed by atoms with van der Waals surface area (Å²) in [5.41, 5.74) is 1.79. The van der Waals surface area contributed by atoms with Crippen molar-refractivity contribution >= 4 is 21.6 Å². The first-order valence-electron chi connectivity index (χ1n) is 8.87. The van der Waals surface area contributed by atoms with Gasteiger partial charge in [-0.25, -0.2) is 12.7 Å². The van der Waals surface area contributed by atoms with Crippen molar-refractivity contribution in [1.29, 1.82) is 0 Å². The average Bonchev–Trinajstić information content (AvgIpc) is 3.00. The molecule has 7 heteroatoms. The Hall–Kier alpha value is -1.44. The molecule has 0 aromatic heterocycles. The Bertz CT molecular complexity index is 753. The van der Waals surface area contributed by atoms with Crippen molar-refractivity contribution in [2.45, 2.75) is 31.1 Å². The predicted molar refractivity (Wildman–Crippen MR) is 98.2 cm³/mol. The molecule has 2 heterocycles. The quantitative estimate of drug-likeness (QED) is 0.812. The summed E-state index contributed by atoms with van der Waals surface area (Å²) >= 11 is 0. The Morgan fingerprint density at radius 1 is 1.20 bits per heavy atom. The Kier molecular flexibility index (Phi) is 5.18. The van der Waals surface area contributed by atoms with E-state index in [1.54, 1.807) is 17.0 Å². The molecule has 0 bridgehead atoms. The zero-order valence-corrected chi connectivity index (χ0v) is 16.1. The van der Waals surface area contributed by atoms with E-state index in [0.717, 1.165) is 49.5 Å². The van der Waals surface area contributed by atoms with Crippen molar-refractivity contribution in [3.05, 3.63) is 23.8 Å². The van der Waals surface area contributed by atoms with Crippen LogP contribution in [0.4, 0.5) is 5.69 Å². The monoisotopic (exact) mass is 365 g/mol. The summed E-state index contributed by atoms with van der Waals surface area (Å²) < 4.78 is 25.9. The molecule has 25 heavy (non-hydrogen) atoms. The van der Waals surface area contributed by atoms with Crippen molar-refractivity contribution < 1.29 is 13.2 Å². The van der Waals surface area contributed by atoms with Crippen LogP contribution in [0.15, 0.2) is 23.1 Å². The highest BCUT2D eigenvalue weighted by molar-refractivity contribution is 7.89. The van der Waals surface area contributed by atoms with E-state index < -0.39 is 10.0 Å². The van der Waals surface area contributed by atoms with Crippen LogP contribution in [0.3, 0.4) is 0 Å². The summed E-state index contributed by atoms with van der Waals surface area (Å²) in [6, 6.07) is 5.11. The second kappa shape index (κ2) is 7.05. The maximum absolute atomic E-state index is 12.8. The normalized spacial score (nSPS) is 19.4. The van der Waals surface area contributed by atoms with Gasteiger partial charge in [-0.05, 0) is 56.0 Å². The van der Waals surface area contributed by atoms with Gasteiger partial charge in [0.25, 0.3) is 0 Å². The van der Waals surface area contributed by atoms with E-state index in [0.29, 0.717) is 13.1 Å². The fraction of sp³-hybridized carbons (Fsp3) is 0.611. The molecule has 138 valence electrons. The largest absolute Gasteiger partial charge is 0.311 e. The van der Waals surface area contributed by atoms with Crippen LogP contribution < -0.4 is 4.90 Å². The van der Waals surface area contributed by atoms with Crippen LogP contribution in [0, 0.1) is 5.92 Å². The molecule has 0 atom stereocenters. The third-order valence-electron chi connectivity index (χ3n) is 5.27. The smallest absolute Gasteiger partial charge is 0.242 e. The topological polar surface area (TPSA) is 60.9 Å². The minimum Gasteiger partial charge on any atom is -0.311 e. The van der Waals surface area contributed by atoms with Gasteiger partial charge < -0.3 is 4.90 Å². The van der Waals surface area contributed by atoms with Crippen LogP contribution in [0.1, 0.15) is 25.3 Å². The molecular weight excluding hydrogens is 338 g/mol. The first-order valence-corrected chi connectivity index (χ1v) is 10.3. The fourth-order valence-electron chi connectivity index (χ4n) is 3.49. The van der Waals surface area contributed by atoms with Crippen LogP contribution >= 0.6 is 0 Å². The second-order valence-corrected chi connectivity index (χ2v) is 9.48. The zero-order chi connectivity index (χ0) is 18.2. The van der Waals surface area contributed by atoms with Gasteiger partial charge in [-0.1, -0.05) is 13.0 Å². The van der Waals surface area contributed by atoms with Gasteiger partial charge in [0.05, 0.1) is 11.4 Å². The number of piperidine rings is 1. The Morgan fingerprint density at radius 2 is 1.88 bits per heavy atom. The van der Waals surface area contributed by atoms with Crippen LogP contribution in [-0.2, 0) is 21.2 Å². The lowest BCUT2D eigenvalue weighted by Gasteiger charge is -2.31. The van der Waals surface area contributed by atoms with E-state index in [1.807, 2.05) is 6.07 Å². The van der Waals surface area contributed by atoms with Crippen LogP contribution in [0.25, 0.3) is 0 Å². The maximum Gasteiger partial charge on any atom is 0.242 e. The number of rotatable bonds is 4. The van der Waals surface area contributed by atoms with Gasteiger partial charge in [0.1, 0.15) is 0 Å². The van der Waals surface area contributed by atoms with Crippen LogP contribution in [0.2, 0.25) is 0 Å². The van der Waals surface area contributed by atoms with E-state index in [4.69, 9.17) is 0 Å². The summed E-state index contributed by atoms with van der Waals surface area (Å²) in [5.74, 6) is 0.797. The minimum atomic E-state index is -3.50. The van der Waals surface area contributed by atoms with Gasteiger partial charge in [0, 0.05) is 26.3 Å². The molecule has 1 amide bonds. The molecule has 3 rings (SSSR count). The van der Waals surface area contributed by atoms with Gasteiger partial charge in [-0.2, -0.15) is 0 Å². The summed E-state index contributed by atoms with van der Waals surface area (Å²) in [4.78, 5) is 17.0. The van der Waals surface area contributed by atoms with Crippen molar-refractivity contribution in [1.82, 2.24) is 9.21 Å². The maximum atomic E-state index is 12.8. The zero-order valence-electron chi connectivity index (χ0n) is 15.2. The molecule has 0 saturated carbocycles. The standard InChI is InChI=1S/C18H27N3O3S/c1-14-6-9-20(10-7-14)13-18(22)21-11-8-15-4-5-16(12-17(15)21)25(23,24)19(2)3/h4-5,12,14H,6-11,13H2,1-3H3. The van der Waals surface area contributed by atoms with E-state index >= 15 is 0 Å². The Balaban J connectivity index is 1.77. The van der Waals surface area contributed by atoms with Crippen LogP contribution in [-0.4, -0.2) is 63.8 Å². The fourth-order valence-corrected chi connectivity index (χ4v) is 4.41. The molecule has 2 aliphatic heterocycles. The molecule has 1 fully saturated rings. The third kappa shape index (κ3) is 3.73. The van der Waals surface area contributed by atoms with Crippen LogP contribution in [0.5, 0.6) is 0 Å². The molecule has 0 unspecified atom stereocenters. The lowest BCUT2D eigenvalue weighted by molar-refractivity contribution is -0.120. The summed E-state index contributed by atoms with van der Waals surface area (Å²) in [6.45, 7) is 5.22. The van der Waals surface area contributed by atoms with Gasteiger partial charge in [0.15, 0.2) is 0 Å². The Labute approximate surface area is 150 Å². The molecule has 6 nitrogen and oxygen atoms in total. The number of likely N-dealkylation sites (tertiary alicyclic amines) is 1. The van der Waals surface area contributed by atoms with Gasteiger partial charge in [0.2, 0.25) is 15.9 Å². The highest BCUT2D eigenvalue weighted by atomic mass is 32.2. The number of nitrogens with zero attached hydrogens (tertiary/aromatic N) is 3. The van der Waals surface area contributed by atoms with Gasteiger partial charge in [-0.3, -0.25) is 9.69 Å². The molecule has 0 aliphatic carbocycles. The summed E-state index contributed by atoms with van der Waals surface area (Å²) in [5, 5.41) is 0. The summed E-state index contributed by atoms with van der Waals surface area (Å²) in [6.07, 6.45) is 3.05. The van der Waals surface area contributed by atoms with Crippen molar-refractivity contribution in [2.75, 3.05) is 45.2 Å². The van der Waals surface area contributed by atoms with Gasteiger partial charge >= 0.3 is 0 Å². The SMILES string of the molecule is CC1CCN(CC(=O)N2CCc3ccc(S(=O)(=O)N(C)C)cc32)CC1. The molecule has 1 aromatic carbocycles. The first-order chi connectivity index (χ1) is 11.8. The number of sulfonamides is 1. The molecule has 2 aliphatic rings. The number of hydrogen-bond donors (Lipinski definition) is 0. The number of benzene rings is 1. The molecule has 0 spiro atoms. The minimum absolute atomic E-state index is 0.0627. The van der Waals surface area contributed by atoms with E-state index in [2.05, 4.69) is 11.8 Å². The molecule has 0 radical (unpaired) electrons. The molecule has 1 aromatic rings. The number of hydrogen-bond acceptors (Lipinski definition) is 4. The molecule has 0 N–H and O–H groups in total. The summed E-state index contributed by atoms with van der Waals surface area (Å²) in [7, 11) is -0.463. The van der Waals surface area contributed by atoms with Crippen molar-refractivity contribution in [3.8, 4) is 0 Å². The second-order valence-electron chi connectivity index (χ2n) is 7.33. The highest BCUT2D eigenvalue weighted by Crippen LogP contribution is 2.31. The van der Waals surface area contributed by atoms with Crippen molar-refractivity contribution in [3.63, 3.8) is 0 Å². The lowest BCUT2D eigenvalue weighted by atomic mass is 9.99. The molecular formula is C18H27N3O3S. The number of carbonyl (C=O) groups excluding carboxylic acids is 1. The number of amides is 1. The highest BCUT2D eigenvalue weighted by Gasteiger charge is 2.29. The van der Waals surface area contributed by atoms with Crippen molar-refractivity contribution in [2.24, 2.45) is 5.92 Å². The van der Waals surface area contributed by atoms with E-state index in [9.17, 15) is 13.2 Å². The predicted octanol–water partition coefficient (Wildman–Crippen LogP) is 1.56. The Morgan fingerprint density at radius 3 is 2.52 bits per heavy atom. The van der Waals surface area contributed by atoms with E-state index in [-0.39, 0.29) is 10.8 Å². The molecule has 1 saturated heterocycles. The lowest BCUT2D eigenvalue weighted by Crippen LogP contribution is -2.42. The number of fused-ring (bicyclic) bond motifs is 1. The van der Waals surface area contributed by atoms with Gasteiger partial charge in [-0.15, -0.1) is 0 Å². The first kappa shape index (κ1) is 18.4. The van der Waals surface area contributed by atoms with E-state index in [1.165, 1.54) is 18.4 Å². The average molecular weight is 365 g/mol. The number of anilines is 1. The third-order valence-corrected chi connectivity index (χ3v) is 7.08.